The van der Waals surface area contributed by atoms with Crippen molar-refractivity contribution in [1.82, 2.24) is 15.0 Å². The molecule has 0 aromatic carbocycles. The predicted octanol–water partition coefficient (Wildman–Crippen LogP) is -1.57. The van der Waals surface area contributed by atoms with E-state index in [0.29, 0.717) is 5.96 Å². The molecule has 0 heterocycles. The van der Waals surface area contributed by atoms with Gasteiger partial charge < -0.3 is 9.80 Å². The van der Waals surface area contributed by atoms with Gasteiger partial charge >= 0.3 is 0 Å². The molecule has 0 aromatic heterocycles. The minimum atomic E-state index is 0.690. The van der Waals surface area contributed by atoms with Crippen LogP contribution in [0, 0.1) is 0 Å². The second-order valence-electron chi connectivity index (χ2n) is 2.57. The van der Waals surface area contributed by atoms with Gasteiger partial charge in [0.1, 0.15) is 0 Å². The summed E-state index contributed by atoms with van der Waals surface area (Å²) in [6.07, 6.45) is 0. The first-order valence-electron chi connectivity index (χ1n) is 3.18. The summed E-state index contributed by atoms with van der Waals surface area (Å²) >= 11 is 0. The molecule has 11 heavy (non-hydrogen) atoms. The minimum Gasteiger partial charge on any atom is -0.347 e. The Morgan fingerprint density at radius 2 is 1.36 bits per heavy atom. The molecule has 0 amide bonds. The van der Waals surface area contributed by atoms with Gasteiger partial charge in [-0.05, 0) is 0 Å². The van der Waals surface area contributed by atoms with Crippen molar-refractivity contribution >= 4 is 5.96 Å². The van der Waals surface area contributed by atoms with Gasteiger partial charge in [0, 0.05) is 28.2 Å². The van der Waals surface area contributed by atoms with Crippen LogP contribution in [0.1, 0.15) is 0 Å². The normalized spacial score (nSPS) is 8.91. The highest BCUT2D eigenvalue weighted by atomic mass is 15.8. The van der Waals surface area contributed by atoms with Crippen molar-refractivity contribution in [2.75, 3.05) is 28.2 Å². The van der Waals surface area contributed by atoms with E-state index in [2.05, 4.69) is 5.10 Å². The maximum atomic E-state index is 5.14. The van der Waals surface area contributed by atoms with Crippen molar-refractivity contribution < 1.29 is 0 Å². The van der Waals surface area contributed by atoms with E-state index in [1.54, 1.807) is 0 Å². The molecule has 0 unspecified atom stereocenters. The first kappa shape index (κ1) is 9.99. The summed E-state index contributed by atoms with van der Waals surface area (Å²) in [5.74, 6) is 11.0. The van der Waals surface area contributed by atoms with Gasteiger partial charge in [0.15, 0.2) is 0 Å². The van der Waals surface area contributed by atoms with Gasteiger partial charge in [0.05, 0.1) is 0 Å². The van der Waals surface area contributed by atoms with E-state index < -0.39 is 0 Å². The van der Waals surface area contributed by atoms with E-state index in [1.165, 1.54) is 0 Å². The van der Waals surface area contributed by atoms with Crippen molar-refractivity contribution in [3.8, 4) is 0 Å². The topological polar surface area (TPSA) is 74.1 Å². The van der Waals surface area contributed by atoms with E-state index in [4.69, 9.17) is 11.7 Å². The van der Waals surface area contributed by atoms with Crippen molar-refractivity contribution in [1.29, 1.82) is 0 Å². The maximum Gasteiger partial charge on any atom is 0.221 e. The van der Waals surface area contributed by atoms with Crippen molar-refractivity contribution in [3.05, 3.63) is 0 Å². The summed E-state index contributed by atoms with van der Waals surface area (Å²) < 4.78 is 0. The summed E-state index contributed by atoms with van der Waals surface area (Å²) in [5, 5.41) is 4.62. The SMILES string of the molecule is CN(C)C(=NN(N)N)N(C)C. The van der Waals surface area contributed by atoms with Crippen LogP contribution in [0.25, 0.3) is 0 Å². The Labute approximate surface area is 67.0 Å². The quantitative estimate of drug-likeness (QED) is 0.210. The Kier molecular flexibility index (Phi) is 3.63. The lowest BCUT2D eigenvalue weighted by atomic mass is 10.7. The lowest BCUT2D eigenvalue weighted by molar-refractivity contribution is 0.294. The van der Waals surface area contributed by atoms with Crippen LogP contribution in [-0.4, -0.2) is 49.2 Å². The van der Waals surface area contributed by atoms with Crippen LogP contribution in [0.4, 0.5) is 0 Å². The minimum absolute atomic E-state index is 0.690. The zero-order valence-corrected chi connectivity index (χ0v) is 7.44. The number of nitrogens with zero attached hydrogens (tertiary/aromatic N) is 4. The predicted molar refractivity (Wildman–Crippen MR) is 45.0 cm³/mol. The van der Waals surface area contributed by atoms with Crippen LogP contribution < -0.4 is 11.7 Å². The molecule has 0 bridgehead atoms. The van der Waals surface area contributed by atoms with Crippen molar-refractivity contribution in [2.24, 2.45) is 16.8 Å². The molecule has 0 aliphatic carbocycles. The molecule has 0 saturated carbocycles. The Hall–Kier alpha value is -1.01. The number of guanidine groups is 1. The number of nitrogens with two attached hydrogens (primary N) is 2. The Balaban J connectivity index is 4.33. The van der Waals surface area contributed by atoms with Gasteiger partial charge in [-0.3, -0.25) is 0 Å². The summed E-state index contributed by atoms with van der Waals surface area (Å²) in [7, 11) is 7.45. The van der Waals surface area contributed by atoms with E-state index in [9.17, 15) is 0 Å². The van der Waals surface area contributed by atoms with Crippen LogP contribution >= 0.6 is 0 Å². The summed E-state index contributed by atoms with van der Waals surface area (Å²) in [5.41, 5.74) is 0. The largest absolute Gasteiger partial charge is 0.347 e. The third kappa shape index (κ3) is 3.64. The lowest BCUT2D eigenvalue weighted by Gasteiger charge is -2.23. The van der Waals surface area contributed by atoms with Gasteiger partial charge in [0.25, 0.3) is 0 Å². The molecule has 4 N–H and O–H groups in total. The van der Waals surface area contributed by atoms with Crippen LogP contribution in [0.3, 0.4) is 0 Å². The highest BCUT2D eigenvalue weighted by Crippen LogP contribution is 1.87. The van der Waals surface area contributed by atoms with Crippen LogP contribution in [0.15, 0.2) is 5.10 Å². The average molecular weight is 160 g/mol. The Bertz CT molecular complexity index is 128. The zero-order chi connectivity index (χ0) is 9.02. The Morgan fingerprint density at radius 3 is 1.45 bits per heavy atom. The maximum absolute atomic E-state index is 5.14. The summed E-state index contributed by atoms with van der Waals surface area (Å²) in [4.78, 5) is 3.62. The van der Waals surface area contributed by atoms with Gasteiger partial charge in [0.2, 0.25) is 5.96 Å². The van der Waals surface area contributed by atoms with E-state index in [1.807, 2.05) is 38.0 Å². The van der Waals surface area contributed by atoms with Crippen molar-refractivity contribution in [2.45, 2.75) is 0 Å². The van der Waals surface area contributed by atoms with Gasteiger partial charge in [-0.2, -0.15) is 5.23 Å². The molecule has 66 valence electrons. The molecule has 0 saturated heterocycles. The molecule has 0 spiro atoms. The van der Waals surface area contributed by atoms with E-state index in [0.717, 1.165) is 5.23 Å². The fourth-order valence-corrected chi connectivity index (χ4v) is 0.682. The fraction of sp³-hybridized carbons (Fsp3) is 0.800. The molecular formula is C5H16N6. The highest BCUT2D eigenvalue weighted by molar-refractivity contribution is 5.78. The number of hydrogen-bond donors (Lipinski definition) is 2. The molecule has 6 heteroatoms. The average Bonchev–Trinajstić information content (AvgIpc) is 1.81. The van der Waals surface area contributed by atoms with Gasteiger partial charge in [-0.1, -0.05) is 0 Å². The first-order valence-corrected chi connectivity index (χ1v) is 3.18. The van der Waals surface area contributed by atoms with Gasteiger partial charge in [-0.15, -0.1) is 5.10 Å². The third-order valence-electron chi connectivity index (χ3n) is 1.00. The monoisotopic (exact) mass is 160 g/mol. The number of hydrazine groups is 2. The number of rotatable bonds is 1. The van der Waals surface area contributed by atoms with Gasteiger partial charge in [-0.25, -0.2) is 11.7 Å². The molecule has 6 nitrogen and oxygen atoms in total. The second-order valence-corrected chi connectivity index (χ2v) is 2.57. The Morgan fingerprint density at radius 1 is 1.00 bits per heavy atom. The molecule has 0 aromatic rings. The molecule has 0 fully saturated rings. The molecular weight excluding hydrogens is 144 g/mol. The first-order chi connectivity index (χ1) is 4.95. The molecule has 0 rings (SSSR count). The second kappa shape index (κ2) is 3.99. The highest BCUT2D eigenvalue weighted by Gasteiger charge is 2.03. The standard InChI is InChI=1S/C5H16N6/c1-9(2)5(10(3)4)8-11(6)7/h6-7H2,1-4H3. The van der Waals surface area contributed by atoms with Crippen LogP contribution in [-0.2, 0) is 0 Å². The molecule has 0 atom stereocenters. The number of hydrogen-bond acceptors (Lipinski definition) is 4. The lowest BCUT2D eigenvalue weighted by Crippen LogP contribution is -2.41. The van der Waals surface area contributed by atoms with Crippen LogP contribution in [0.2, 0.25) is 0 Å². The zero-order valence-electron chi connectivity index (χ0n) is 7.44. The number of hydrazone groups is 1. The summed E-state index contributed by atoms with van der Waals surface area (Å²) in [6, 6.07) is 0. The van der Waals surface area contributed by atoms with Crippen molar-refractivity contribution in [3.63, 3.8) is 0 Å². The van der Waals surface area contributed by atoms with Crippen LogP contribution in [0.5, 0.6) is 0 Å². The molecule has 0 radical (unpaired) electrons. The third-order valence-corrected chi connectivity index (χ3v) is 1.00. The van der Waals surface area contributed by atoms with E-state index >= 15 is 0 Å². The molecule has 0 aliphatic rings. The summed E-state index contributed by atoms with van der Waals surface area (Å²) in [6.45, 7) is 0. The smallest absolute Gasteiger partial charge is 0.221 e. The fourth-order valence-electron chi connectivity index (χ4n) is 0.682. The van der Waals surface area contributed by atoms with E-state index in [-0.39, 0.29) is 0 Å². The molecule has 0 aliphatic heterocycles.